The predicted molar refractivity (Wildman–Crippen MR) is 37.1 cm³/mol. The minimum absolute atomic E-state index is 0.244. The first kappa shape index (κ1) is 6.27. The van der Waals surface area contributed by atoms with Crippen molar-refractivity contribution in [2.75, 3.05) is 0 Å². The topological polar surface area (TPSA) is 17.1 Å². The maximum Gasteiger partial charge on any atom is 0.155 e. The van der Waals surface area contributed by atoms with Gasteiger partial charge in [0.2, 0.25) is 0 Å². The zero-order valence-corrected chi connectivity index (χ0v) is 5.34. The molecule has 0 bridgehead atoms. The molecule has 0 aromatic heterocycles. The largest absolute Gasteiger partial charge is 0.295 e. The summed E-state index contributed by atoms with van der Waals surface area (Å²) in [5.74, 6) is 0.677. The summed E-state index contributed by atoms with van der Waals surface area (Å²) in [6.45, 7) is 3.65. The molecule has 1 atom stereocenters. The van der Waals surface area contributed by atoms with E-state index in [1.165, 1.54) is 0 Å². The van der Waals surface area contributed by atoms with Gasteiger partial charge >= 0.3 is 0 Å². The molecule has 0 fully saturated rings. The first-order valence-corrected chi connectivity index (χ1v) is 3.16. The highest BCUT2D eigenvalue weighted by Gasteiger charge is 2.08. The Hall–Kier alpha value is -0.850. The van der Waals surface area contributed by atoms with Crippen LogP contribution in [0.1, 0.15) is 12.8 Å². The van der Waals surface area contributed by atoms with E-state index < -0.39 is 0 Å². The molecular weight excluding hydrogens is 112 g/mol. The fraction of sp³-hybridized carbons (Fsp3) is 0.375. The molecule has 0 spiro atoms. The van der Waals surface area contributed by atoms with E-state index in [1.54, 1.807) is 6.08 Å². The lowest BCUT2D eigenvalue weighted by Crippen LogP contribution is -2.04. The molecule has 1 aliphatic rings. The summed E-state index contributed by atoms with van der Waals surface area (Å²) < 4.78 is 0. The van der Waals surface area contributed by atoms with Gasteiger partial charge in [-0.1, -0.05) is 12.2 Å². The average Bonchev–Trinajstić information content (AvgIpc) is 1.90. The molecule has 9 heavy (non-hydrogen) atoms. The second kappa shape index (κ2) is 2.62. The molecule has 48 valence electrons. The number of rotatable bonds is 1. The lowest BCUT2D eigenvalue weighted by Gasteiger charge is -2.09. The summed E-state index contributed by atoms with van der Waals surface area (Å²) in [4.78, 5) is 10.6. The third kappa shape index (κ3) is 1.53. The maximum absolute atomic E-state index is 10.6. The second-order valence-corrected chi connectivity index (χ2v) is 2.26. The minimum Gasteiger partial charge on any atom is -0.295 e. The molecule has 1 nitrogen and oxygen atoms in total. The van der Waals surface area contributed by atoms with Crippen molar-refractivity contribution in [3.63, 3.8) is 0 Å². The van der Waals surface area contributed by atoms with Crippen LogP contribution in [0.15, 0.2) is 24.8 Å². The summed E-state index contributed by atoms with van der Waals surface area (Å²) in [6, 6.07) is 0. The van der Waals surface area contributed by atoms with Crippen molar-refractivity contribution in [3.05, 3.63) is 24.8 Å². The maximum atomic E-state index is 10.6. The van der Waals surface area contributed by atoms with Crippen molar-refractivity contribution < 1.29 is 4.79 Å². The van der Waals surface area contributed by atoms with E-state index in [4.69, 9.17) is 0 Å². The van der Waals surface area contributed by atoms with E-state index in [0.717, 1.165) is 6.42 Å². The zero-order chi connectivity index (χ0) is 6.69. The Balaban J connectivity index is 2.57. The van der Waals surface area contributed by atoms with Gasteiger partial charge in [0.1, 0.15) is 0 Å². The summed E-state index contributed by atoms with van der Waals surface area (Å²) in [5, 5.41) is 0. The number of hydrogen-bond donors (Lipinski definition) is 0. The van der Waals surface area contributed by atoms with Gasteiger partial charge in [-0.05, 0) is 18.4 Å². The lowest BCUT2D eigenvalue weighted by molar-refractivity contribution is -0.115. The van der Waals surface area contributed by atoms with Crippen LogP contribution < -0.4 is 0 Å². The normalized spacial score (nSPS) is 26.2. The smallest absolute Gasteiger partial charge is 0.155 e. The van der Waals surface area contributed by atoms with Gasteiger partial charge in [-0.3, -0.25) is 4.79 Å². The van der Waals surface area contributed by atoms with Crippen molar-refractivity contribution in [2.24, 2.45) is 5.92 Å². The van der Waals surface area contributed by atoms with Crippen LogP contribution in [0.4, 0.5) is 0 Å². The van der Waals surface area contributed by atoms with Crippen molar-refractivity contribution >= 4 is 5.78 Å². The zero-order valence-electron chi connectivity index (χ0n) is 5.34. The van der Waals surface area contributed by atoms with Crippen LogP contribution in [0, 0.1) is 5.92 Å². The van der Waals surface area contributed by atoms with Crippen LogP contribution in [-0.4, -0.2) is 5.78 Å². The van der Waals surface area contributed by atoms with Crippen LogP contribution in [0.3, 0.4) is 0 Å². The molecule has 1 rings (SSSR count). The quantitative estimate of drug-likeness (QED) is 0.484. The van der Waals surface area contributed by atoms with Crippen LogP contribution in [-0.2, 0) is 4.79 Å². The van der Waals surface area contributed by atoms with E-state index in [-0.39, 0.29) is 5.78 Å². The number of carbonyl (C=O) groups is 1. The van der Waals surface area contributed by atoms with Gasteiger partial charge in [0.25, 0.3) is 0 Å². The van der Waals surface area contributed by atoms with Crippen LogP contribution in [0.2, 0.25) is 0 Å². The lowest BCUT2D eigenvalue weighted by atomic mass is 9.96. The van der Waals surface area contributed by atoms with Gasteiger partial charge in [-0.2, -0.15) is 0 Å². The molecule has 0 N–H and O–H groups in total. The van der Waals surface area contributed by atoms with E-state index in [2.05, 4.69) is 6.58 Å². The third-order valence-corrected chi connectivity index (χ3v) is 1.56. The number of ketones is 1. The Morgan fingerprint density at radius 3 is 3.00 bits per heavy atom. The molecule has 0 aromatic carbocycles. The highest BCUT2D eigenvalue weighted by molar-refractivity contribution is 5.90. The molecular formula is C8H10O. The standard InChI is InChI=1S/C8H10O/c1-2-7-3-5-8(9)6-4-7/h2-3,5,7H,1,4,6H2. The molecule has 0 saturated carbocycles. The molecule has 0 radical (unpaired) electrons. The van der Waals surface area contributed by atoms with Crippen molar-refractivity contribution in [3.8, 4) is 0 Å². The Bertz CT molecular complexity index is 156. The van der Waals surface area contributed by atoms with Crippen molar-refractivity contribution in [2.45, 2.75) is 12.8 Å². The van der Waals surface area contributed by atoms with Gasteiger partial charge in [0.05, 0.1) is 0 Å². The Kier molecular flexibility index (Phi) is 1.83. The molecule has 1 aliphatic carbocycles. The Labute approximate surface area is 55.1 Å². The summed E-state index contributed by atoms with van der Waals surface area (Å²) in [6.07, 6.45) is 7.07. The third-order valence-electron chi connectivity index (χ3n) is 1.56. The summed E-state index contributed by atoms with van der Waals surface area (Å²) in [7, 11) is 0. The monoisotopic (exact) mass is 122 g/mol. The fourth-order valence-corrected chi connectivity index (χ4v) is 0.916. The van der Waals surface area contributed by atoms with Crippen LogP contribution in [0.5, 0.6) is 0 Å². The molecule has 0 aromatic rings. The Morgan fingerprint density at radius 1 is 1.78 bits per heavy atom. The predicted octanol–water partition coefficient (Wildman–Crippen LogP) is 1.71. The van der Waals surface area contributed by atoms with Gasteiger partial charge in [0, 0.05) is 6.42 Å². The minimum atomic E-state index is 0.244. The van der Waals surface area contributed by atoms with Crippen molar-refractivity contribution in [1.82, 2.24) is 0 Å². The number of allylic oxidation sites excluding steroid dienone is 3. The van der Waals surface area contributed by atoms with E-state index in [0.29, 0.717) is 12.3 Å². The highest BCUT2D eigenvalue weighted by atomic mass is 16.1. The van der Waals surface area contributed by atoms with Gasteiger partial charge < -0.3 is 0 Å². The molecule has 1 heteroatoms. The van der Waals surface area contributed by atoms with Gasteiger partial charge in [0.15, 0.2) is 5.78 Å². The van der Waals surface area contributed by atoms with E-state index >= 15 is 0 Å². The van der Waals surface area contributed by atoms with Gasteiger partial charge in [-0.25, -0.2) is 0 Å². The second-order valence-electron chi connectivity index (χ2n) is 2.26. The highest BCUT2D eigenvalue weighted by Crippen LogP contribution is 2.14. The first-order chi connectivity index (χ1) is 4.33. The van der Waals surface area contributed by atoms with Crippen LogP contribution in [0.25, 0.3) is 0 Å². The number of carbonyl (C=O) groups excluding carboxylic acids is 1. The Morgan fingerprint density at radius 2 is 2.56 bits per heavy atom. The van der Waals surface area contributed by atoms with E-state index in [9.17, 15) is 4.79 Å². The molecule has 0 saturated heterocycles. The number of hydrogen-bond acceptors (Lipinski definition) is 1. The first-order valence-electron chi connectivity index (χ1n) is 3.16. The summed E-state index contributed by atoms with van der Waals surface area (Å²) in [5.41, 5.74) is 0. The molecule has 0 aliphatic heterocycles. The average molecular weight is 122 g/mol. The summed E-state index contributed by atoms with van der Waals surface area (Å²) >= 11 is 0. The van der Waals surface area contributed by atoms with Crippen LogP contribution >= 0.6 is 0 Å². The van der Waals surface area contributed by atoms with Gasteiger partial charge in [-0.15, -0.1) is 6.58 Å². The molecule has 0 heterocycles. The van der Waals surface area contributed by atoms with E-state index in [1.807, 2.05) is 12.2 Å². The molecule has 0 amide bonds. The van der Waals surface area contributed by atoms with Crippen molar-refractivity contribution in [1.29, 1.82) is 0 Å². The fourth-order valence-electron chi connectivity index (χ4n) is 0.916. The SMILES string of the molecule is C=CC1C=CC(=O)CC1. The molecule has 1 unspecified atom stereocenters.